The van der Waals surface area contributed by atoms with Gasteiger partial charge in [0.15, 0.2) is 0 Å². The van der Waals surface area contributed by atoms with Crippen molar-refractivity contribution in [3.63, 3.8) is 0 Å². The molecule has 1 unspecified atom stereocenters. The first-order valence-corrected chi connectivity index (χ1v) is 7.06. The van der Waals surface area contributed by atoms with Gasteiger partial charge in [-0.1, -0.05) is 32.0 Å². The molecule has 1 heterocycles. The Morgan fingerprint density at radius 1 is 1.20 bits per heavy atom. The molecule has 0 aliphatic rings. The number of benzene rings is 1. The minimum Gasteiger partial charge on any atom is -0.321 e. The molecule has 0 aliphatic carbocycles. The fraction of sp³-hybridized carbons (Fsp3) is 0.353. The van der Waals surface area contributed by atoms with Gasteiger partial charge in [-0.15, -0.1) is 0 Å². The van der Waals surface area contributed by atoms with Gasteiger partial charge >= 0.3 is 0 Å². The van der Waals surface area contributed by atoms with Crippen molar-refractivity contribution in [2.45, 2.75) is 38.6 Å². The summed E-state index contributed by atoms with van der Waals surface area (Å²) in [5, 5.41) is 0. The van der Waals surface area contributed by atoms with E-state index >= 15 is 0 Å². The third-order valence-corrected chi connectivity index (χ3v) is 3.82. The zero-order chi connectivity index (χ0) is 14.6. The predicted molar refractivity (Wildman–Crippen MR) is 79.9 cm³/mol. The number of aryl methyl sites for hydroxylation is 1. The van der Waals surface area contributed by atoms with Gasteiger partial charge in [-0.25, -0.2) is 4.39 Å². The maximum Gasteiger partial charge on any atom is 0.123 e. The number of rotatable bonds is 5. The summed E-state index contributed by atoms with van der Waals surface area (Å²) in [6, 6.07) is 10.6. The van der Waals surface area contributed by atoms with Gasteiger partial charge in [-0.05, 0) is 42.2 Å². The Balaban J connectivity index is 2.26. The molecule has 0 fully saturated rings. The van der Waals surface area contributed by atoms with Crippen molar-refractivity contribution in [3.8, 4) is 0 Å². The molecule has 0 saturated heterocycles. The third-order valence-electron chi connectivity index (χ3n) is 3.82. The van der Waals surface area contributed by atoms with Gasteiger partial charge in [0, 0.05) is 23.9 Å². The van der Waals surface area contributed by atoms with Crippen LogP contribution in [0.5, 0.6) is 0 Å². The molecule has 106 valence electrons. The highest BCUT2D eigenvalue weighted by Crippen LogP contribution is 2.26. The zero-order valence-corrected chi connectivity index (χ0v) is 12.1. The van der Waals surface area contributed by atoms with Crippen LogP contribution in [-0.2, 0) is 18.4 Å². The van der Waals surface area contributed by atoms with Crippen LogP contribution in [0.2, 0.25) is 0 Å². The highest BCUT2D eigenvalue weighted by atomic mass is 19.1. The second kappa shape index (κ2) is 6.14. The van der Waals surface area contributed by atoms with Gasteiger partial charge in [0.05, 0.1) is 0 Å². The Hall–Kier alpha value is -1.74. The van der Waals surface area contributed by atoms with Crippen LogP contribution in [0.15, 0.2) is 42.6 Å². The maximum atomic E-state index is 13.4. The number of nitrogens with zero attached hydrogens (tertiary/aromatic N) is 1. The van der Waals surface area contributed by atoms with Gasteiger partial charge in [0.25, 0.3) is 0 Å². The molecular formula is C17H21FN2. The first-order valence-electron chi connectivity index (χ1n) is 7.06. The fourth-order valence-corrected chi connectivity index (χ4v) is 2.32. The number of hydrogen-bond donors (Lipinski definition) is 1. The second-order valence-corrected chi connectivity index (χ2v) is 5.21. The molecule has 1 atom stereocenters. The molecule has 0 radical (unpaired) electrons. The van der Waals surface area contributed by atoms with E-state index in [1.54, 1.807) is 6.07 Å². The summed E-state index contributed by atoms with van der Waals surface area (Å²) in [6.45, 7) is 4.12. The smallest absolute Gasteiger partial charge is 0.123 e. The largest absolute Gasteiger partial charge is 0.321 e. The van der Waals surface area contributed by atoms with Crippen LogP contribution < -0.4 is 5.73 Å². The van der Waals surface area contributed by atoms with Crippen molar-refractivity contribution < 1.29 is 4.39 Å². The molecule has 0 spiro atoms. The highest BCUT2D eigenvalue weighted by Gasteiger charge is 2.26. The summed E-state index contributed by atoms with van der Waals surface area (Å²) >= 11 is 0. The average Bonchev–Trinajstić information content (AvgIpc) is 2.48. The summed E-state index contributed by atoms with van der Waals surface area (Å²) in [7, 11) is 0. The Kier molecular flexibility index (Phi) is 4.50. The van der Waals surface area contributed by atoms with Crippen LogP contribution in [0, 0.1) is 5.82 Å². The molecule has 0 amide bonds. The van der Waals surface area contributed by atoms with Crippen LogP contribution in [0.3, 0.4) is 0 Å². The summed E-state index contributed by atoms with van der Waals surface area (Å²) in [6.07, 6.45) is 4.19. The average molecular weight is 272 g/mol. The van der Waals surface area contributed by atoms with Crippen LogP contribution >= 0.6 is 0 Å². The van der Waals surface area contributed by atoms with Crippen molar-refractivity contribution in [1.29, 1.82) is 0 Å². The lowest BCUT2D eigenvalue weighted by Gasteiger charge is -2.28. The predicted octanol–water partition coefficient (Wildman–Crippen LogP) is 3.59. The van der Waals surface area contributed by atoms with E-state index < -0.39 is 5.54 Å². The summed E-state index contributed by atoms with van der Waals surface area (Å²) in [4.78, 5) is 4.46. The molecule has 2 nitrogen and oxygen atoms in total. The van der Waals surface area contributed by atoms with E-state index in [4.69, 9.17) is 5.73 Å². The van der Waals surface area contributed by atoms with Gasteiger partial charge in [0.2, 0.25) is 0 Å². The van der Waals surface area contributed by atoms with Crippen LogP contribution in [-0.4, -0.2) is 4.98 Å². The van der Waals surface area contributed by atoms with Crippen molar-refractivity contribution in [2.75, 3.05) is 0 Å². The topological polar surface area (TPSA) is 38.9 Å². The SMILES string of the molecule is CCc1ccc(CC(N)(CC)c2cccc(F)c2)nc1. The van der Waals surface area contributed by atoms with E-state index in [-0.39, 0.29) is 5.82 Å². The Morgan fingerprint density at radius 3 is 2.55 bits per heavy atom. The van der Waals surface area contributed by atoms with E-state index in [0.29, 0.717) is 6.42 Å². The van der Waals surface area contributed by atoms with Gasteiger partial charge in [0.1, 0.15) is 5.82 Å². The summed E-state index contributed by atoms with van der Waals surface area (Å²) in [5.74, 6) is -0.250. The molecule has 0 aliphatic heterocycles. The first-order chi connectivity index (χ1) is 9.57. The Bertz CT molecular complexity index is 565. The maximum absolute atomic E-state index is 13.4. The number of halogens is 1. The molecule has 0 saturated carbocycles. The quantitative estimate of drug-likeness (QED) is 0.903. The van der Waals surface area contributed by atoms with Crippen molar-refractivity contribution in [1.82, 2.24) is 4.98 Å². The monoisotopic (exact) mass is 272 g/mol. The summed E-state index contributed by atoms with van der Waals surface area (Å²) < 4.78 is 13.4. The second-order valence-electron chi connectivity index (χ2n) is 5.21. The normalized spacial score (nSPS) is 14.0. The van der Waals surface area contributed by atoms with Crippen molar-refractivity contribution in [3.05, 3.63) is 65.2 Å². The zero-order valence-electron chi connectivity index (χ0n) is 12.1. The molecule has 2 N–H and O–H groups in total. The van der Waals surface area contributed by atoms with E-state index in [2.05, 4.69) is 18.0 Å². The highest BCUT2D eigenvalue weighted by molar-refractivity contribution is 5.27. The Morgan fingerprint density at radius 2 is 2.00 bits per heavy atom. The standard InChI is InChI=1S/C17H21FN2/c1-3-13-8-9-16(20-12-13)11-17(19,4-2)14-6-5-7-15(18)10-14/h5-10,12H,3-4,11,19H2,1-2H3. The molecule has 1 aromatic carbocycles. The Labute approximate surface area is 119 Å². The van der Waals surface area contributed by atoms with Crippen LogP contribution in [0.25, 0.3) is 0 Å². The van der Waals surface area contributed by atoms with E-state index in [9.17, 15) is 4.39 Å². The van der Waals surface area contributed by atoms with Crippen molar-refractivity contribution >= 4 is 0 Å². The minimum absolute atomic E-state index is 0.250. The lowest BCUT2D eigenvalue weighted by atomic mass is 9.84. The lowest BCUT2D eigenvalue weighted by Crippen LogP contribution is -2.38. The molecule has 1 aromatic heterocycles. The molecule has 3 heteroatoms. The first kappa shape index (κ1) is 14.7. The van der Waals surface area contributed by atoms with E-state index in [1.165, 1.54) is 17.7 Å². The number of nitrogens with two attached hydrogens (primary N) is 1. The number of hydrogen-bond acceptors (Lipinski definition) is 2. The molecule has 0 bridgehead atoms. The van der Waals surface area contributed by atoms with Gasteiger partial charge < -0.3 is 5.73 Å². The fourth-order valence-electron chi connectivity index (χ4n) is 2.32. The third kappa shape index (κ3) is 3.23. The minimum atomic E-state index is -0.581. The molecule has 2 rings (SSSR count). The number of pyridine rings is 1. The number of aromatic nitrogens is 1. The molecule has 2 aromatic rings. The van der Waals surface area contributed by atoms with Crippen LogP contribution in [0.4, 0.5) is 4.39 Å². The van der Waals surface area contributed by atoms with Crippen LogP contribution in [0.1, 0.15) is 37.1 Å². The summed E-state index contributed by atoms with van der Waals surface area (Å²) in [5.41, 5.74) is 8.87. The van der Waals surface area contributed by atoms with E-state index in [1.807, 2.05) is 25.3 Å². The lowest BCUT2D eigenvalue weighted by molar-refractivity contribution is 0.417. The van der Waals surface area contributed by atoms with Crippen molar-refractivity contribution in [2.24, 2.45) is 5.73 Å². The van der Waals surface area contributed by atoms with Gasteiger partial charge in [-0.3, -0.25) is 4.98 Å². The van der Waals surface area contributed by atoms with E-state index in [0.717, 1.165) is 24.1 Å². The van der Waals surface area contributed by atoms with Gasteiger partial charge in [-0.2, -0.15) is 0 Å². The molecular weight excluding hydrogens is 251 g/mol. The molecule has 20 heavy (non-hydrogen) atoms.